The molecule has 0 unspecified atom stereocenters. The van der Waals surface area contributed by atoms with Crippen molar-refractivity contribution < 1.29 is 14.2 Å². The minimum absolute atomic E-state index is 0.288. The summed E-state index contributed by atoms with van der Waals surface area (Å²) in [5.41, 5.74) is 1.23. The molecule has 104 valence electrons. The Morgan fingerprint density at radius 2 is 1.79 bits per heavy atom. The smallest absolute Gasteiger partial charge is 0.231 e. The second kappa shape index (κ2) is 5.31. The van der Waals surface area contributed by atoms with Crippen molar-refractivity contribution in [1.29, 1.82) is 0 Å². The Bertz CT molecular complexity index is 470. The van der Waals surface area contributed by atoms with Crippen molar-refractivity contribution in [2.24, 2.45) is 0 Å². The second-order valence-electron chi connectivity index (χ2n) is 5.25. The predicted octanol–water partition coefficient (Wildman–Crippen LogP) is 2.79. The van der Waals surface area contributed by atoms with Gasteiger partial charge >= 0.3 is 0 Å². The first-order valence-electron chi connectivity index (χ1n) is 6.57. The van der Waals surface area contributed by atoms with Crippen LogP contribution in [0.15, 0.2) is 16.6 Å². The number of ether oxygens (including phenoxy) is 3. The fraction of sp³-hybridized carbons (Fsp3) is 0.571. The van der Waals surface area contributed by atoms with Crippen molar-refractivity contribution in [2.75, 3.05) is 19.9 Å². The Hall–Kier alpha value is -0.780. The molecular weight excluding hydrogens is 310 g/mol. The zero-order chi connectivity index (χ0) is 13.4. The predicted molar refractivity (Wildman–Crippen MR) is 75.6 cm³/mol. The van der Waals surface area contributed by atoms with Crippen LogP contribution in [0.1, 0.15) is 19.4 Å². The maximum atomic E-state index is 5.76. The molecular formula is C14H18BrNO3. The van der Waals surface area contributed by atoms with E-state index in [1.165, 1.54) is 5.56 Å². The van der Waals surface area contributed by atoms with Gasteiger partial charge in [-0.15, -0.1) is 0 Å². The van der Waals surface area contributed by atoms with Gasteiger partial charge in [0.2, 0.25) is 6.79 Å². The number of hydrogen-bond acceptors (Lipinski definition) is 4. The summed E-state index contributed by atoms with van der Waals surface area (Å²) in [5.74, 6) is 1.66. The summed E-state index contributed by atoms with van der Waals surface area (Å²) in [6.45, 7) is 7.39. The van der Waals surface area contributed by atoms with Gasteiger partial charge in [0, 0.05) is 24.1 Å². The largest absolute Gasteiger partial charge is 0.454 e. The van der Waals surface area contributed by atoms with Gasteiger partial charge in [-0.2, -0.15) is 0 Å². The van der Waals surface area contributed by atoms with Crippen LogP contribution in [0, 0.1) is 0 Å². The van der Waals surface area contributed by atoms with Crippen LogP contribution in [0.3, 0.4) is 0 Å². The molecule has 2 atom stereocenters. The van der Waals surface area contributed by atoms with Crippen LogP contribution in [0.5, 0.6) is 11.5 Å². The number of nitrogens with zero attached hydrogens (tertiary/aromatic N) is 1. The van der Waals surface area contributed by atoms with Crippen LogP contribution in [0.2, 0.25) is 0 Å². The van der Waals surface area contributed by atoms with Crippen LogP contribution in [-0.4, -0.2) is 37.0 Å². The van der Waals surface area contributed by atoms with Gasteiger partial charge in [0.05, 0.1) is 12.2 Å². The molecule has 2 aliphatic heterocycles. The minimum Gasteiger partial charge on any atom is -0.454 e. The Labute approximate surface area is 121 Å². The van der Waals surface area contributed by atoms with Crippen LogP contribution >= 0.6 is 15.9 Å². The number of hydrogen-bond donors (Lipinski definition) is 0. The highest BCUT2D eigenvalue weighted by molar-refractivity contribution is 9.10. The van der Waals surface area contributed by atoms with E-state index in [1.54, 1.807) is 0 Å². The quantitative estimate of drug-likeness (QED) is 0.835. The Balaban J connectivity index is 1.76. The fourth-order valence-corrected chi connectivity index (χ4v) is 3.18. The number of morpholine rings is 1. The van der Waals surface area contributed by atoms with Gasteiger partial charge in [-0.1, -0.05) is 15.9 Å². The van der Waals surface area contributed by atoms with E-state index >= 15 is 0 Å². The van der Waals surface area contributed by atoms with Crippen molar-refractivity contribution >= 4 is 15.9 Å². The highest BCUT2D eigenvalue weighted by atomic mass is 79.9. The molecule has 2 aliphatic rings. The third-order valence-corrected chi connectivity index (χ3v) is 4.17. The lowest BCUT2D eigenvalue weighted by atomic mass is 10.1. The van der Waals surface area contributed by atoms with Crippen LogP contribution in [-0.2, 0) is 11.3 Å². The summed E-state index contributed by atoms with van der Waals surface area (Å²) in [7, 11) is 0. The average molecular weight is 328 g/mol. The van der Waals surface area contributed by atoms with Crippen molar-refractivity contribution in [2.45, 2.75) is 32.6 Å². The molecule has 1 fully saturated rings. The molecule has 0 bridgehead atoms. The molecule has 0 spiro atoms. The molecule has 0 N–H and O–H groups in total. The Morgan fingerprint density at radius 1 is 1.16 bits per heavy atom. The van der Waals surface area contributed by atoms with Crippen molar-refractivity contribution in [3.63, 3.8) is 0 Å². The number of fused-ring (bicyclic) bond motifs is 1. The Kier molecular flexibility index (Phi) is 3.69. The average Bonchev–Trinajstić information content (AvgIpc) is 2.75. The molecule has 0 amide bonds. The van der Waals surface area contributed by atoms with Gasteiger partial charge in [-0.25, -0.2) is 0 Å². The monoisotopic (exact) mass is 327 g/mol. The fourth-order valence-electron chi connectivity index (χ4n) is 2.73. The summed E-state index contributed by atoms with van der Waals surface area (Å²) in [4.78, 5) is 2.42. The van der Waals surface area contributed by atoms with Gasteiger partial charge < -0.3 is 14.2 Å². The molecule has 0 saturated carbocycles. The standard InChI is InChI=1S/C14H18BrNO3/c1-9-5-16(6-10(2)19-9)7-11-3-13-14(4-12(11)15)18-8-17-13/h3-4,9-10H,5-8H2,1-2H3/t9-,10-/m1/s1. The lowest BCUT2D eigenvalue weighted by molar-refractivity contribution is -0.0705. The SMILES string of the molecule is C[C@@H]1CN(Cc2cc3c(cc2Br)OCO3)C[C@@H](C)O1. The van der Waals surface area contributed by atoms with E-state index in [0.717, 1.165) is 35.6 Å². The third kappa shape index (κ3) is 2.88. The molecule has 2 heterocycles. The van der Waals surface area contributed by atoms with E-state index in [2.05, 4.69) is 40.7 Å². The third-order valence-electron chi connectivity index (χ3n) is 3.43. The maximum Gasteiger partial charge on any atom is 0.231 e. The van der Waals surface area contributed by atoms with E-state index in [-0.39, 0.29) is 12.2 Å². The lowest BCUT2D eigenvalue weighted by Gasteiger charge is -2.35. The van der Waals surface area contributed by atoms with Crippen LogP contribution in [0.4, 0.5) is 0 Å². The summed E-state index contributed by atoms with van der Waals surface area (Å²) in [5, 5.41) is 0. The molecule has 0 radical (unpaired) electrons. The minimum atomic E-state index is 0.288. The lowest BCUT2D eigenvalue weighted by Crippen LogP contribution is -2.44. The zero-order valence-corrected chi connectivity index (χ0v) is 12.8. The van der Waals surface area contributed by atoms with Crippen molar-refractivity contribution in [3.8, 4) is 11.5 Å². The van der Waals surface area contributed by atoms with Gasteiger partial charge in [0.1, 0.15) is 0 Å². The molecule has 5 heteroatoms. The summed E-state index contributed by atoms with van der Waals surface area (Å²) < 4.78 is 17.6. The zero-order valence-electron chi connectivity index (χ0n) is 11.2. The molecule has 1 saturated heterocycles. The number of rotatable bonds is 2. The van der Waals surface area contributed by atoms with E-state index in [4.69, 9.17) is 14.2 Å². The first-order chi connectivity index (χ1) is 9.11. The van der Waals surface area contributed by atoms with Crippen LogP contribution in [0.25, 0.3) is 0 Å². The number of halogens is 1. The second-order valence-corrected chi connectivity index (χ2v) is 6.10. The van der Waals surface area contributed by atoms with E-state index in [0.29, 0.717) is 6.79 Å². The van der Waals surface area contributed by atoms with Crippen LogP contribution < -0.4 is 9.47 Å². The topological polar surface area (TPSA) is 30.9 Å². The maximum absolute atomic E-state index is 5.76. The normalized spacial score (nSPS) is 26.7. The molecule has 0 aliphatic carbocycles. The number of benzene rings is 1. The molecule has 1 aromatic rings. The molecule has 4 nitrogen and oxygen atoms in total. The van der Waals surface area contributed by atoms with E-state index < -0.39 is 0 Å². The van der Waals surface area contributed by atoms with Gasteiger partial charge in [-0.05, 0) is 31.5 Å². The van der Waals surface area contributed by atoms with Crippen molar-refractivity contribution in [1.82, 2.24) is 4.90 Å². The van der Waals surface area contributed by atoms with E-state index in [9.17, 15) is 0 Å². The first-order valence-corrected chi connectivity index (χ1v) is 7.37. The highest BCUT2D eigenvalue weighted by Gasteiger charge is 2.24. The van der Waals surface area contributed by atoms with Gasteiger partial charge in [0.15, 0.2) is 11.5 Å². The highest BCUT2D eigenvalue weighted by Crippen LogP contribution is 2.37. The molecule has 3 rings (SSSR count). The summed E-state index contributed by atoms with van der Waals surface area (Å²) in [6, 6.07) is 4.06. The summed E-state index contributed by atoms with van der Waals surface area (Å²) in [6.07, 6.45) is 0.577. The first kappa shape index (κ1) is 13.2. The van der Waals surface area contributed by atoms with E-state index in [1.807, 2.05) is 6.07 Å². The van der Waals surface area contributed by atoms with Crippen molar-refractivity contribution in [3.05, 3.63) is 22.2 Å². The molecule has 0 aromatic heterocycles. The molecule has 1 aromatic carbocycles. The summed E-state index contributed by atoms with van der Waals surface area (Å²) >= 11 is 3.61. The van der Waals surface area contributed by atoms with Gasteiger partial charge in [0.25, 0.3) is 0 Å². The Morgan fingerprint density at radius 3 is 2.47 bits per heavy atom. The van der Waals surface area contributed by atoms with Gasteiger partial charge in [-0.3, -0.25) is 4.90 Å². The molecule has 19 heavy (non-hydrogen) atoms.